The van der Waals surface area contributed by atoms with E-state index in [-0.39, 0.29) is 64.7 Å². The second-order valence-corrected chi connectivity index (χ2v) is 15.3. The molecule has 0 spiro atoms. The van der Waals surface area contributed by atoms with E-state index >= 15 is 0 Å². The Balaban J connectivity index is 0.000000242. The Bertz CT molecular complexity index is 2400. The number of carboxylic acids is 1. The Hall–Kier alpha value is -6.90. The molecule has 15 nitrogen and oxygen atoms in total. The summed E-state index contributed by atoms with van der Waals surface area (Å²) >= 11 is 0. The van der Waals surface area contributed by atoms with Gasteiger partial charge in [0, 0.05) is 54.9 Å². The maximum Gasteiger partial charge on any atom is 0.416 e. The number of carbonyl (C=O) groups excluding carboxylic acids is 3. The van der Waals surface area contributed by atoms with Gasteiger partial charge >= 0.3 is 24.3 Å². The molecule has 2 aromatic carbocycles. The van der Waals surface area contributed by atoms with E-state index in [4.69, 9.17) is 33.7 Å². The van der Waals surface area contributed by atoms with E-state index in [1.54, 1.807) is 19.9 Å². The van der Waals surface area contributed by atoms with Gasteiger partial charge in [-0.1, -0.05) is 98.6 Å². The van der Waals surface area contributed by atoms with Crippen molar-refractivity contribution < 1.29 is 73.5 Å². The number of halogens is 6. The number of hydrogen-bond donors (Lipinski definition) is 2. The van der Waals surface area contributed by atoms with Gasteiger partial charge in [0.05, 0.1) is 23.8 Å². The molecule has 0 saturated heterocycles. The van der Waals surface area contributed by atoms with Crippen molar-refractivity contribution in [2.24, 2.45) is 5.73 Å². The van der Waals surface area contributed by atoms with Crippen LogP contribution in [0, 0.1) is 0 Å². The van der Waals surface area contributed by atoms with Crippen LogP contribution in [0.25, 0.3) is 0 Å². The van der Waals surface area contributed by atoms with E-state index in [9.17, 15) is 45.5 Å². The van der Waals surface area contributed by atoms with Gasteiger partial charge in [0.1, 0.15) is 28.7 Å². The van der Waals surface area contributed by atoms with Crippen LogP contribution >= 0.6 is 0 Å². The number of hydrogen-bond acceptors (Lipinski definition) is 14. The van der Waals surface area contributed by atoms with Crippen LogP contribution in [-0.2, 0) is 29.9 Å². The summed E-state index contributed by atoms with van der Waals surface area (Å²) in [5, 5.41) is 22.7. The third-order valence-electron chi connectivity index (χ3n) is 8.78. The molecule has 0 amide bonds. The number of aromatic nitrogens is 4. The number of carboxylic acid groups (broad SMARTS) is 1. The molecule has 21 heteroatoms. The summed E-state index contributed by atoms with van der Waals surface area (Å²) in [4.78, 5) is 45.4. The zero-order valence-electron chi connectivity index (χ0n) is 37.1. The largest absolute Gasteiger partial charge is 0.476 e. The maximum absolute atomic E-state index is 12.6. The predicted octanol–water partition coefficient (Wildman–Crippen LogP) is 10.9. The third kappa shape index (κ3) is 16.6. The molecule has 356 valence electrons. The molecule has 0 aliphatic heterocycles. The Kier molecular flexibility index (Phi) is 19.3. The summed E-state index contributed by atoms with van der Waals surface area (Å²) in [5.41, 5.74) is 4.98. The van der Waals surface area contributed by atoms with Crippen molar-refractivity contribution in [3.05, 3.63) is 141 Å². The van der Waals surface area contributed by atoms with Crippen LogP contribution < -0.4 is 5.73 Å². The predicted molar refractivity (Wildman–Crippen MR) is 223 cm³/mol. The first-order valence-electron chi connectivity index (χ1n) is 20.2. The number of rotatable bonds is 13. The minimum atomic E-state index is -4.44. The SMILES string of the molecule is CC(C)c1cc(C(=O)Cc2cccc(C(F)(F)F)c2)no1.CC(C)c1cc(C(=O)O)no1.CCOC(=O)c1cc(C(C)C)on1.C[C@@H](N)c1cc(C(=O)Cc2cccc(C(F)(F)F)c2)no1. The Labute approximate surface area is 374 Å². The maximum atomic E-state index is 12.6. The fourth-order valence-corrected chi connectivity index (χ4v) is 5.12. The van der Waals surface area contributed by atoms with Crippen molar-refractivity contribution >= 4 is 23.5 Å². The zero-order chi connectivity index (χ0) is 49.5. The molecule has 66 heavy (non-hydrogen) atoms. The molecular formula is C45H49F6N5O10. The molecule has 1 atom stereocenters. The van der Waals surface area contributed by atoms with Gasteiger partial charge in [-0.25, -0.2) is 9.59 Å². The van der Waals surface area contributed by atoms with E-state index in [1.165, 1.54) is 42.5 Å². The van der Waals surface area contributed by atoms with E-state index in [2.05, 4.69) is 20.6 Å². The summed E-state index contributed by atoms with van der Waals surface area (Å²) in [5.74, 6) is 0.433. The molecule has 0 fully saturated rings. The molecule has 4 heterocycles. The topological polar surface area (TPSA) is 228 Å². The van der Waals surface area contributed by atoms with Gasteiger partial charge in [0.25, 0.3) is 0 Å². The second kappa shape index (κ2) is 23.9. The lowest BCUT2D eigenvalue weighted by molar-refractivity contribution is -0.138. The summed E-state index contributed by atoms with van der Waals surface area (Å²) in [6, 6.07) is 14.9. The summed E-state index contributed by atoms with van der Waals surface area (Å²) in [6.07, 6.45) is -9.18. The van der Waals surface area contributed by atoms with Gasteiger partial charge in [-0.3, -0.25) is 9.59 Å². The lowest BCUT2D eigenvalue weighted by Crippen LogP contribution is -2.08. The standard InChI is InChI=1S/C15H14F3NO2.C14H13F3N2O2.C9H13NO3.C7H9NO3/c1-9(2)14-8-12(19-21-14)13(20)7-10-4-3-5-11(6-10)15(16,17)18;1-8(18)13-7-11(19-21-13)12(20)6-9-3-2-4-10(5-9)14(15,16)17;1-4-12-9(11)7-5-8(6(2)3)13-10-7;1-4(2)6-3-5(7(9)10)8-11-6/h3-6,8-9H,7H2,1-2H3;2-5,7-8H,6,18H2,1H3;5-6H,4H2,1-3H3;3-4H,1-2H3,(H,9,10)/t;8-;;/m.1../s1. The average molecular weight is 934 g/mol. The van der Waals surface area contributed by atoms with Crippen LogP contribution in [0.5, 0.6) is 0 Å². The van der Waals surface area contributed by atoms with Crippen LogP contribution in [0.1, 0.15) is 166 Å². The summed E-state index contributed by atoms with van der Waals surface area (Å²) in [7, 11) is 0. The van der Waals surface area contributed by atoms with Crippen LogP contribution in [0.4, 0.5) is 26.3 Å². The first-order valence-corrected chi connectivity index (χ1v) is 20.2. The highest BCUT2D eigenvalue weighted by Crippen LogP contribution is 2.31. The average Bonchev–Trinajstić information content (AvgIpc) is 4.08. The van der Waals surface area contributed by atoms with Crippen LogP contribution in [0.2, 0.25) is 0 Å². The minimum Gasteiger partial charge on any atom is -0.476 e. The molecule has 6 rings (SSSR count). The molecule has 0 radical (unpaired) electrons. The Morgan fingerprint density at radius 2 is 0.924 bits per heavy atom. The van der Waals surface area contributed by atoms with Crippen molar-refractivity contribution in [1.29, 1.82) is 0 Å². The fraction of sp³-hybridized carbons (Fsp3) is 0.378. The Morgan fingerprint density at radius 1 is 0.576 bits per heavy atom. The van der Waals surface area contributed by atoms with Crippen LogP contribution in [0.15, 0.2) is 90.9 Å². The minimum absolute atomic E-state index is 0.0336. The monoisotopic (exact) mass is 933 g/mol. The number of esters is 1. The molecule has 0 bridgehead atoms. The van der Waals surface area contributed by atoms with Gasteiger partial charge in [0.15, 0.2) is 28.7 Å². The molecular weight excluding hydrogens is 885 g/mol. The number of ether oxygens (including phenoxy) is 1. The molecule has 4 aromatic heterocycles. The van der Waals surface area contributed by atoms with E-state index < -0.39 is 47.2 Å². The fourth-order valence-electron chi connectivity index (χ4n) is 5.12. The van der Waals surface area contributed by atoms with Crippen molar-refractivity contribution in [3.63, 3.8) is 0 Å². The summed E-state index contributed by atoms with van der Waals surface area (Å²) < 4.78 is 100.0. The molecule has 6 aromatic rings. The molecule has 0 saturated carbocycles. The van der Waals surface area contributed by atoms with Crippen LogP contribution in [-0.4, -0.2) is 55.8 Å². The van der Waals surface area contributed by atoms with E-state index in [0.717, 1.165) is 24.3 Å². The van der Waals surface area contributed by atoms with Crippen molar-refractivity contribution in [1.82, 2.24) is 20.6 Å². The highest BCUT2D eigenvalue weighted by atomic mass is 19.4. The van der Waals surface area contributed by atoms with Gasteiger partial charge in [0.2, 0.25) is 0 Å². The molecule has 0 aliphatic carbocycles. The highest BCUT2D eigenvalue weighted by Gasteiger charge is 2.31. The first kappa shape index (κ1) is 53.4. The second-order valence-electron chi connectivity index (χ2n) is 15.3. The molecule has 3 N–H and O–H groups in total. The van der Waals surface area contributed by atoms with Gasteiger partial charge in [-0.15, -0.1) is 0 Å². The first-order chi connectivity index (χ1) is 30.8. The number of nitrogens with zero attached hydrogens (tertiary/aromatic N) is 4. The number of benzene rings is 2. The van der Waals surface area contributed by atoms with Crippen LogP contribution in [0.3, 0.4) is 0 Å². The van der Waals surface area contributed by atoms with E-state index in [1.807, 2.05) is 41.5 Å². The zero-order valence-corrected chi connectivity index (χ0v) is 37.1. The van der Waals surface area contributed by atoms with Crippen molar-refractivity contribution in [2.75, 3.05) is 6.61 Å². The van der Waals surface area contributed by atoms with Gasteiger partial charge < -0.3 is 33.7 Å². The number of ketones is 2. The number of aromatic carboxylic acids is 1. The number of carbonyl (C=O) groups is 4. The quantitative estimate of drug-likeness (QED) is 0.0623. The molecule has 0 unspecified atom stereocenters. The lowest BCUT2D eigenvalue weighted by atomic mass is 10.0. The van der Waals surface area contributed by atoms with Crippen molar-refractivity contribution in [2.45, 2.75) is 104 Å². The number of Topliss-reactive ketones (excluding diaryl/α,β-unsaturated/α-hetero) is 2. The highest BCUT2D eigenvalue weighted by molar-refractivity contribution is 5.96. The summed E-state index contributed by atoms with van der Waals surface area (Å²) in [6.45, 7) is 15.3. The smallest absolute Gasteiger partial charge is 0.416 e. The Morgan fingerprint density at radius 3 is 1.24 bits per heavy atom. The van der Waals surface area contributed by atoms with E-state index in [0.29, 0.717) is 35.2 Å². The normalized spacial score (nSPS) is 11.8. The van der Waals surface area contributed by atoms with Gasteiger partial charge in [-0.05, 0) is 37.1 Å². The van der Waals surface area contributed by atoms with Gasteiger partial charge in [-0.2, -0.15) is 26.3 Å². The lowest BCUT2D eigenvalue weighted by Gasteiger charge is -2.07. The third-order valence-corrected chi connectivity index (χ3v) is 8.78. The molecule has 0 aliphatic rings. The number of nitrogens with two attached hydrogens (primary N) is 1. The number of alkyl halides is 6. The van der Waals surface area contributed by atoms with Crippen molar-refractivity contribution in [3.8, 4) is 0 Å².